The number of benzene rings is 2. The lowest BCUT2D eigenvalue weighted by Gasteiger charge is -2.13. The number of rotatable bonds is 4. The monoisotopic (exact) mass is 511 g/mol. The molecular weight excluding hydrogens is 501 g/mol. The molecule has 2 aromatic carbocycles. The topological polar surface area (TPSA) is 89.8 Å². The summed E-state index contributed by atoms with van der Waals surface area (Å²) in [6.45, 7) is 0. The summed E-state index contributed by atoms with van der Waals surface area (Å²) >= 11 is 8.25. The van der Waals surface area contributed by atoms with Crippen molar-refractivity contribution in [2.75, 3.05) is 4.72 Å². The van der Waals surface area contributed by atoms with Crippen LogP contribution in [-0.4, -0.2) is 28.4 Å². The second-order valence-electron chi connectivity index (χ2n) is 5.57. The van der Waals surface area contributed by atoms with Gasteiger partial charge in [-0.25, -0.2) is 18.1 Å². The smallest absolute Gasteiger partial charge is 0.261 e. The van der Waals surface area contributed by atoms with Crippen LogP contribution in [0.4, 0.5) is 5.69 Å². The molecule has 2 aromatic heterocycles. The molecule has 1 N–H and O–H groups in total. The molecule has 0 aliphatic heterocycles. The van der Waals surface area contributed by atoms with Gasteiger partial charge in [0.05, 0.1) is 16.3 Å². The number of sulfonamides is 1. The number of nitrogens with one attached hydrogen (secondary N) is 1. The van der Waals surface area contributed by atoms with Crippen molar-refractivity contribution in [1.29, 1.82) is 0 Å². The fourth-order valence-corrected chi connectivity index (χ4v) is 4.13. The highest BCUT2D eigenvalue weighted by molar-refractivity contribution is 14.1. The van der Waals surface area contributed by atoms with Gasteiger partial charge in [-0.15, -0.1) is 5.10 Å². The molecule has 0 aliphatic carbocycles. The first-order valence-corrected chi connectivity index (χ1v) is 10.6. The average molecular weight is 512 g/mol. The third-order valence-corrected chi connectivity index (χ3v) is 6.12. The van der Waals surface area contributed by atoms with Crippen LogP contribution in [0.2, 0.25) is 5.02 Å². The molecule has 2 heterocycles. The lowest BCUT2D eigenvalue weighted by Crippen LogP contribution is -2.15. The van der Waals surface area contributed by atoms with E-state index in [0.29, 0.717) is 27.6 Å². The van der Waals surface area contributed by atoms with Crippen LogP contribution in [0.25, 0.3) is 16.9 Å². The Balaban J connectivity index is 1.82. The Kier molecular flexibility index (Phi) is 4.74. The zero-order chi connectivity index (χ0) is 19.0. The molecule has 4 aromatic rings. The first kappa shape index (κ1) is 18.1. The summed E-state index contributed by atoms with van der Waals surface area (Å²) in [6, 6.07) is 14.9. The summed E-state index contributed by atoms with van der Waals surface area (Å²) in [4.78, 5) is 4.30. The molecule has 0 atom stereocenters. The number of hydrogen-bond donors (Lipinski definition) is 1. The van der Waals surface area contributed by atoms with Gasteiger partial charge >= 0.3 is 0 Å². The van der Waals surface area contributed by atoms with Crippen molar-refractivity contribution in [3.8, 4) is 5.69 Å². The van der Waals surface area contributed by atoms with Crippen LogP contribution in [0.5, 0.6) is 0 Å². The van der Waals surface area contributed by atoms with E-state index < -0.39 is 10.0 Å². The molecule has 0 saturated heterocycles. The Hall–Kier alpha value is -2.24. The fraction of sp³-hybridized carbons (Fsp3) is 0. The number of pyridine rings is 1. The number of anilines is 1. The van der Waals surface area contributed by atoms with Gasteiger partial charge in [-0.2, -0.15) is 0 Å². The molecule has 4 rings (SSSR count). The zero-order valence-electron chi connectivity index (χ0n) is 13.5. The Bertz CT molecular complexity index is 1240. The van der Waals surface area contributed by atoms with Crippen molar-refractivity contribution in [3.05, 3.63) is 69.4 Å². The summed E-state index contributed by atoms with van der Waals surface area (Å²) in [6.07, 6.45) is 1.61. The highest BCUT2D eigenvalue weighted by atomic mass is 127. The van der Waals surface area contributed by atoms with Crippen molar-refractivity contribution in [2.24, 2.45) is 0 Å². The van der Waals surface area contributed by atoms with Gasteiger partial charge in [-0.05, 0) is 77.2 Å². The molecule has 0 spiro atoms. The van der Waals surface area contributed by atoms with Gasteiger partial charge in [0, 0.05) is 14.8 Å². The van der Waals surface area contributed by atoms with Crippen LogP contribution in [0.3, 0.4) is 0 Å². The molecule has 10 heteroatoms. The van der Waals surface area contributed by atoms with E-state index >= 15 is 0 Å². The minimum absolute atomic E-state index is 0.161. The molecule has 0 saturated carbocycles. The van der Waals surface area contributed by atoms with Gasteiger partial charge in [-0.1, -0.05) is 16.8 Å². The third kappa shape index (κ3) is 3.62. The van der Waals surface area contributed by atoms with E-state index in [-0.39, 0.29) is 4.90 Å². The summed E-state index contributed by atoms with van der Waals surface area (Å²) in [7, 11) is -3.78. The van der Waals surface area contributed by atoms with E-state index in [4.69, 9.17) is 11.6 Å². The highest BCUT2D eigenvalue weighted by Crippen LogP contribution is 2.28. The van der Waals surface area contributed by atoms with Crippen LogP contribution >= 0.6 is 34.2 Å². The zero-order valence-corrected chi connectivity index (χ0v) is 17.3. The van der Waals surface area contributed by atoms with Gasteiger partial charge < -0.3 is 0 Å². The van der Waals surface area contributed by atoms with E-state index in [0.717, 1.165) is 3.57 Å². The van der Waals surface area contributed by atoms with E-state index in [1.54, 1.807) is 60.8 Å². The molecule has 0 aliphatic rings. The summed E-state index contributed by atoms with van der Waals surface area (Å²) in [5, 5.41) is 8.54. The Labute approximate surface area is 173 Å². The molecule has 0 unspecified atom stereocenters. The molecule has 0 amide bonds. The number of hydrogen-bond acceptors (Lipinski definition) is 5. The van der Waals surface area contributed by atoms with Gasteiger partial charge in [0.2, 0.25) is 5.65 Å². The van der Waals surface area contributed by atoms with E-state index in [1.165, 1.54) is 4.68 Å². The predicted octanol–water partition coefficient (Wildman–Crippen LogP) is 3.87. The van der Waals surface area contributed by atoms with Crippen molar-refractivity contribution < 1.29 is 8.42 Å². The lowest BCUT2D eigenvalue weighted by atomic mass is 10.2. The summed E-state index contributed by atoms with van der Waals surface area (Å²) in [5.41, 5.74) is 1.86. The van der Waals surface area contributed by atoms with Crippen LogP contribution in [0.1, 0.15) is 0 Å². The van der Waals surface area contributed by atoms with E-state index in [2.05, 4.69) is 42.6 Å². The molecule has 0 radical (unpaired) electrons. The van der Waals surface area contributed by atoms with Gasteiger partial charge in [-0.3, -0.25) is 4.72 Å². The number of fused-ring (bicyclic) bond motifs is 1. The van der Waals surface area contributed by atoms with Crippen molar-refractivity contribution in [2.45, 2.75) is 4.90 Å². The normalized spacial score (nSPS) is 11.6. The number of aromatic nitrogens is 4. The molecule has 136 valence electrons. The maximum atomic E-state index is 12.8. The summed E-state index contributed by atoms with van der Waals surface area (Å²) in [5.74, 6) is 0. The van der Waals surface area contributed by atoms with Crippen molar-refractivity contribution in [1.82, 2.24) is 20.0 Å². The van der Waals surface area contributed by atoms with Crippen molar-refractivity contribution >= 4 is 61.1 Å². The number of halogens is 2. The highest BCUT2D eigenvalue weighted by Gasteiger charge is 2.18. The van der Waals surface area contributed by atoms with Gasteiger partial charge in [0.1, 0.15) is 5.52 Å². The predicted molar refractivity (Wildman–Crippen MR) is 112 cm³/mol. The standard InChI is InChI=1S/C17H11ClIN5O2S/c18-11-3-8-14(22-27(25,26)13-6-4-12(19)5-7-13)16(10-11)24-15-2-1-9-20-17(15)21-23-24/h1-10,22H. The summed E-state index contributed by atoms with van der Waals surface area (Å²) < 4.78 is 30.6. The third-order valence-electron chi connectivity index (χ3n) is 3.78. The first-order chi connectivity index (χ1) is 12.9. The fourth-order valence-electron chi connectivity index (χ4n) is 2.53. The molecular formula is C17H11ClIN5O2S. The number of nitrogens with zero attached hydrogens (tertiary/aromatic N) is 4. The van der Waals surface area contributed by atoms with Crippen LogP contribution < -0.4 is 4.72 Å². The maximum absolute atomic E-state index is 12.8. The molecule has 7 nitrogen and oxygen atoms in total. The lowest BCUT2D eigenvalue weighted by molar-refractivity contribution is 0.601. The minimum atomic E-state index is -3.78. The van der Waals surface area contributed by atoms with Crippen LogP contribution in [-0.2, 0) is 10.0 Å². The van der Waals surface area contributed by atoms with Crippen LogP contribution in [0, 0.1) is 3.57 Å². The average Bonchev–Trinajstić information content (AvgIpc) is 3.07. The maximum Gasteiger partial charge on any atom is 0.261 e. The molecule has 0 fully saturated rings. The van der Waals surface area contributed by atoms with E-state index in [1.807, 2.05) is 0 Å². The largest absolute Gasteiger partial charge is 0.277 e. The Morgan fingerprint density at radius 3 is 2.63 bits per heavy atom. The van der Waals surface area contributed by atoms with Gasteiger partial charge in [0.15, 0.2) is 0 Å². The molecule has 27 heavy (non-hydrogen) atoms. The van der Waals surface area contributed by atoms with Crippen molar-refractivity contribution in [3.63, 3.8) is 0 Å². The Morgan fingerprint density at radius 2 is 1.85 bits per heavy atom. The van der Waals surface area contributed by atoms with Gasteiger partial charge in [0.25, 0.3) is 10.0 Å². The SMILES string of the molecule is O=S(=O)(Nc1ccc(Cl)cc1-n1nnc2ncccc21)c1ccc(I)cc1. The van der Waals surface area contributed by atoms with E-state index in [9.17, 15) is 8.42 Å². The quantitative estimate of drug-likeness (QED) is 0.420. The second-order valence-corrected chi connectivity index (χ2v) is 8.93. The second kappa shape index (κ2) is 7.06. The van der Waals surface area contributed by atoms with Crippen LogP contribution in [0.15, 0.2) is 65.7 Å². The molecule has 0 bridgehead atoms. The minimum Gasteiger partial charge on any atom is -0.277 e. The first-order valence-electron chi connectivity index (χ1n) is 7.69. The Morgan fingerprint density at radius 1 is 1.07 bits per heavy atom.